The van der Waals surface area contributed by atoms with Crippen molar-refractivity contribution in [2.45, 2.75) is 32.1 Å². The summed E-state index contributed by atoms with van der Waals surface area (Å²) in [6.07, 6.45) is 8.36. The summed E-state index contributed by atoms with van der Waals surface area (Å²) in [5, 5.41) is 16.6. The minimum absolute atomic E-state index is 0.417. The predicted octanol–water partition coefficient (Wildman–Crippen LogP) is 3.89. The van der Waals surface area contributed by atoms with Crippen LogP contribution in [0.5, 0.6) is 5.75 Å². The van der Waals surface area contributed by atoms with Crippen molar-refractivity contribution >= 4 is 26.8 Å². The number of benzene rings is 1. The number of halogens is 1. The molecule has 20 heavy (non-hydrogen) atoms. The van der Waals surface area contributed by atoms with Crippen LogP contribution in [0, 0.1) is 5.92 Å². The average Bonchev–Trinajstić information content (AvgIpc) is 2.95. The quantitative estimate of drug-likeness (QED) is 0.871. The van der Waals surface area contributed by atoms with Gasteiger partial charge in [-0.1, -0.05) is 19.3 Å². The molecule has 2 aromatic rings. The molecule has 0 saturated heterocycles. The molecule has 0 radical (unpaired) electrons. The van der Waals surface area contributed by atoms with Gasteiger partial charge in [-0.2, -0.15) is 5.10 Å². The topological polar surface area (TPSA) is 58.1 Å². The molecule has 0 amide bonds. The Balaban J connectivity index is 0.000000160. The fraction of sp³-hybridized carbons (Fsp3) is 0.533. The standard InChI is InChI=1S/C8H7BrN2O.C7H14O/c1-12-8-3-7-5(2-6(8)9)4-10-11-7;8-6-7-4-2-1-3-5-7/h2-4H,1H3,(H,10,11);7-8H,1-6H2. The van der Waals surface area contributed by atoms with Crippen molar-refractivity contribution < 1.29 is 9.84 Å². The number of aliphatic hydroxyl groups excluding tert-OH is 1. The van der Waals surface area contributed by atoms with Gasteiger partial charge in [-0.3, -0.25) is 5.10 Å². The Hall–Kier alpha value is -1.07. The summed E-state index contributed by atoms with van der Waals surface area (Å²) >= 11 is 3.40. The third-order valence-electron chi connectivity index (χ3n) is 3.70. The Morgan fingerprint density at radius 2 is 2.10 bits per heavy atom. The van der Waals surface area contributed by atoms with Crippen molar-refractivity contribution in [2.75, 3.05) is 13.7 Å². The number of fused-ring (bicyclic) bond motifs is 1. The second-order valence-electron chi connectivity index (χ2n) is 5.13. The number of hydrogen-bond acceptors (Lipinski definition) is 3. The van der Waals surface area contributed by atoms with E-state index in [0.717, 1.165) is 21.1 Å². The van der Waals surface area contributed by atoms with Gasteiger partial charge < -0.3 is 9.84 Å². The third kappa shape index (κ3) is 3.96. The molecule has 2 N–H and O–H groups in total. The van der Waals surface area contributed by atoms with Crippen LogP contribution in [0.4, 0.5) is 0 Å². The lowest BCUT2D eigenvalue weighted by Crippen LogP contribution is -2.09. The highest BCUT2D eigenvalue weighted by Gasteiger charge is 2.10. The number of nitrogens with zero attached hydrogens (tertiary/aromatic N) is 1. The average molecular weight is 341 g/mol. The van der Waals surface area contributed by atoms with Crippen molar-refractivity contribution in [1.82, 2.24) is 10.2 Å². The van der Waals surface area contributed by atoms with Gasteiger partial charge in [-0.05, 0) is 40.8 Å². The number of hydrogen-bond donors (Lipinski definition) is 2. The summed E-state index contributed by atoms with van der Waals surface area (Å²) in [4.78, 5) is 0. The van der Waals surface area contributed by atoms with Crippen LogP contribution < -0.4 is 4.74 Å². The predicted molar refractivity (Wildman–Crippen MR) is 84.0 cm³/mol. The number of H-pyrrole nitrogens is 1. The van der Waals surface area contributed by atoms with E-state index in [-0.39, 0.29) is 0 Å². The summed E-state index contributed by atoms with van der Waals surface area (Å²) in [5.41, 5.74) is 0.982. The van der Waals surface area contributed by atoms with E-state index in [0.29, 0.717) is 12.5 Å². The second-order valence-corrected chi connectivity index (χ2v) is 5.98. The first-order chi connectivity index (χ1) is 9.74. The summed E-state index contributed by atoms with van der Waals surface area (Å²) in [6, 6.07) is 3.88. The molecule has 0 spiro atoms. The highest BCUT2D eigenvalue weighted by molar-refractivity contribution is 9.10. The SMILES string of the molecule is COc1cc2[nH]ncc2cc1Br.OCC1CCCCC1. The highest BCUT2D eigenvalue weighted by atomic mass is 79.9. The zero-order valence-electron chi connectivity index (χ0n) is 11.7. The second kappa shape index (κ2) is 7.64. The molecule has 5 heteroatoms. The summed E-state index contributed by atoms with van der Waals surface area (Å²) in [7, 11) is 1.64. The Morgan fingerprint density at radius 3 is 2.70 bits per heavy atom. The van der Waals surface area contributed by atoms with Crippen LogP contribution in [0.2, 0.25) is 0 Å². The van der Waals surface area contributed by atoms with Crippen LogP contribution in [0.25, 0.3) is 10.9 Å². The number of aromatic nitrogens is 2. The molecule has 1 heterocycles. The maximum atomic E-state index is 8.69. The van der Waals surface area contributed by atoms with Crippen LogP contribution in [0.1, 0.15) is 32.1 Å². The van der Waals surface area contributed by atoms with Crippen molar-refractivity contribution in [1.29, 1.82) is 0 Å². The molecular formula is C15H21BrN2O2. The number of aliphatic hydroxyl groups is 1. The zero-order chi connectivity index (χ0) is 14.4. The van der Waals surface area contributed by atoms with Gasteiger partial charge in [0, 0.05) is 18.1 Å². The van der Waals surface area contributed by atoms with E-state index >= 15 is 0 Å². The molecule has 1 aliphatic carbocycles. The van der Waals surface area contributed by atoms with Gasteiger partial charge in [0.25, 0.3) is 0 Å². The van der Waals surface area contributed by atoms with Gasteiger partial charge >= 0.3 is 0 Å². The fourth-order valence-electron chi connectivity index (χ4n) is 2.47. The molecule has 1 saturated carbocycles. The zero-order valence-corrected chi connectivity index (χ0v) is 13.3. The lowest BCUT2D eigenvalue weighted by atomic mass is 9.90. The largest absolute Gasteiger partial charge is 0.495 e. The van der Waals surface area contributed by atoms with E-state index in [1.54, 1.807) is 13.3 Å². The van der Waals surface area contributed by atoms with Gasteiger partial charge in [0.2, 0.25) is 0 Å². The van der Waals surface area contributed by atoms with Gasteiger partial charge in [-0.15, -0.1) is 0 Å². The monoisotopic (exact) mass is 340 g/mol. The summed E-state index contributed by atoms with van der Waals surface area (Å²) in [5.74, 6) is 1.45. The van der Waals surface area contributed by atoms with Crippen LogP contribution in [-0.4, -0.2) is 29.0 Å². The summed E-state index contributed by atoms with van der Waals surface area (Å²) in [6.45, 7) is 0.417. The first kappa shape index (κ1) is 15.3. The Labute approximate surface area is 127 Å². The van der Waals surface area contributed by atoms with Gasteiger partial charge in [0.15, 0.2) is 0 Å². The molecule has 110 valence electrons. The number of rotatable bonds is 2. The van der Waals surface area contributed by atoms with Crippen molar-refractivity contribution in [3.8, 4) is 5.75 Å². The van der Waals surface area contributed by atoms with E-state index in [1.807, 2.05) is 12.1 Å². The first-order valence-corrected chi connectivity index (χ1v) is 7.81. The minimum Gasteiger partial charge on any atom is -0.495 e. The van der Waals surface area contributed by atoms with Crippen LogP contribution >= 0.6 is 15.9 Å². The first-order valence-electron chi connectivity index (χ1n) is 7.02. The van der Waals surface area contributed by atoms with Crippen LogP contribution in [-0.2, 0) is 0 Å². The Kier molecular flexibility index (Phi) is 5.86. The summed E-state index contributed by atoms with van der Waals surface area (Å²) < 4.78 is 6.07. The highest BCUT2D eigenvalue weighted by Crippen LogP contribution is 2.28. The van der Waals surface area contributed by atoms with Gasteiger partial charge in [0.1, 0.15) is 5.75 Å². The third-order valence-corrected chi connectivity index (χ3v) is 4.32. The van der Waals surface area contributed by atoms with Crippen molar-refractivity contribution in [3.05, 3.63) is 22.8 Å². The molecular weight excluding hydrogens is 320 g/mol. The lowest BCUT2D eigenvalue weighted by molar-refractivity contribution is 0.190. The molecule has 1 fully saturated rings. The molecule has 0 bridgehead atoms. The molecule has 0 atom stereocenters. The van der Waals surface area contributed by atoms with E-state index in [2.05, 4.69) is 26.1 Å². The van der Waals surface area contributed by atoms with E-state index < -0.39 is 0 Å². The van der Waals surface area contributed by atoms with E-state index in [1.165, 1.54) is 32.1 Å². The Bertz CT molecular complexity index is 536. The van der Waals surface area contributed by atoms with Gasteiger partial charge in [0.05, 0.1) is 23.3 Å². The lowest BCUT2D eigenvalue weighted by Gasteiger charge is -2.18. The molecule has 3 rings (SSSR count). The maximum absolute atomic E-state index is 8.69. The maximum Gasteiger partial charge on any atom is 0.135 e. The molecule has 1 aromatic carbocycles. The number of methoxy groups -OCH3 is 1. The molecule has 4 nitrogen and oxygen atoms in total. The van der Waals surface area contributed by atoms with Crippen LogP contribution in [0.15, 0.2) is 22.8 Å². The van der Waals surface area contributed by atoms with Crippen molar-refractivity contribution in [2.24, 2.45) is 5.92 Å². The molecule has 0 aliphatic heterocycles. The molecule has 1 aromatic heterocycles. The number of nitrogens with one attached hydrogen (secondary N) is 1. The van der Waals surface area contributed by atoms with Crippen molar-refractivity contribution in [3.63, 3.8) is 0 Å². The number of aromatic amines is 1. The van der Waals surface area contributed by atoms with E-state index in [4.69, 9.17) is 9.84 Å². The molecule has 1 aliphatic rings. The smallest absolute Gasteiger partial charge is 0.135 e. The van der Waals surface area contributed by atoms with E-state index in [9.17, 15) is 0 Å². The van der Waals surface area contributed by atoms with Gasteiger partial charge in [-0.25, -0.2) is 0 Å². The molecule has 0 unspecified atom stereocenters. The normalized spacial score (nSPS) is 15.8. The fourth-order valence-corrected chi connectivity index (χ4v) is 2.99. The minimum atomic E-state index is 0.417. The van der Waals surface area contributed by atoms with Crippen LogP contribution in [0.3, 0.4) is 0 Å². The number of ether oxygens (including phenoxy) is 1. The Morgan fingerprint density at radius 1 is 1.35 bits per heavy atom.